The average Bonchev–Trinajstić information content (AvgIpc) is 3.20. The van der Waals surface area contributed by atoms with Crippen LogP contribution in [0.3, 0.4) is 0 Å². The van der Waals surface area contributed by atoms with Crippen molar-refractivity contribution in [2.24, 2.45) is 5.92 Å². The summed E-state index contributed by atoms with van der Waals surface area (Å²) < 4.78 is 1.83. The van der Waals surface area contributed by atoms with Gasteiger partial charge < -0.3 is 9.80 Å². The number of hydrogen-bond donors (Lipinski definition) is 0. The van der Waals surface area contributed by atoms with Crippen LogP contribution in [0.15, 0.2) is 24.7 Å². The van der Waals surface area contributed by atoms with Crippen molar-refractivity contribution in [2.75, 3.05) is 26.7 Å². The van der Waals surface area contributed by atoms with Gasteiger partial charge in [-0.05, 0) is 26.0 Å². The zero-order valence-electron chi connectivity index (χ0n) is 16.2. The molecule has 1 fully saturated rings. The predicted octanol–water partition coefficient (Wildman–Crippen LogP) is 1.70. The molecule has 2 aromatic rings. The molecule has 0 radical (unpaired) electrons. The second kappa shape index (κ2) is 7.76. The van der Waals surface area contributed by atoms with E-state index in [1.807, 2.05) is 35.0 Å². The monoisotopic (exact) mass is 368 g/mol. The molecule has 7 nitrogen and oxygen atoms in total. The van der Waals surface area contributed by atoms with Crippen molar-refractivity contribution in [3.05, 3.63) is 41.7 Å². The highest BCUT2D eigenvalue weighted by atomic mass is 16.2. The van der Waals surface area contributed by atoms with Crippen LogP contribution in [0.5, 0.6) is 0 Å². The van der Waals surface area contributed by atoms with E-state index in [1.165, 1.54) is 11.3 Å². The van der Waals surface area contributed by atoms with Crippen LogP contribution in [0.2, 0.25) is 0 Å². The molecule has 2 aromatic heterocycles. The van der Waals surface area contributed by atoms with Gasteiger partial charge in [0.2, 0.25) is 5.91 Å². The Balaban J connectivity index is 1.42. The number of fused-ring (bicyclic) bond motifs is 1. The standard InChI is InChI=1S/C20H28N6O/c1-15(12-26-9-4-7-22-26)20(27)25-8-3-5-16(14-25)19-21-11-17-13-24(2)10-6-18(17)23-19/h4,7,9,11,15-16H,3,5-6,8,10,12-14H2,1-2H3/t15-,16+/m1/s1. The summed E-state index contributed by atoms with van der Waals surface area (Å²) in [6.45, 7) is 6.13. The normalized spacial score (nSPS) is 21.7. The van der Waals surface area contributed by atoms with Crippen LogP contribution >= 0.6 is 0 Å². The topological polar surface area (TPSA) is 67.2 Å². The molecule has 144 valence electrons. The van der Waals surface area contributed by atoms with E-state index in [0.29, 0.717) is 6.54 Å². The minimum atomic E-state index is -0.0800. The van der Waals surface area contributed by atoms with E-state index in [-0.39, 0.29) is 17.7 Å². The summed E-state index contributed by atoms with van der Waals surface area (Å²) in [5, 5.41) is 4.21. The van der Waals surface area contributed by atoms with Gasteiger partial charge in [-0.25, -0.2) is 9.97 Å². The van der Waals surface area contributed by atoms with Crippen LogP contribution in [-0.2, 0) is 24.3 Å². The number of nitrogens with zero attached hydrogens (tertiary/aromatic N) is 6. The summed E-state index contributed by atoms with van der Waals surface area (Å²) >= 11 is 0. The maximum absolute atomic E-state index is 12.9. The predicted molar refractivity (Wildman–Crippen MR) is 102 cm³/mol. The molecule has 0 aliphatic carbocycles. The van der Waals surface area contributed by atoms with E-state index in [0.717, 1.165) is 51.3 Å². The molecular formula is C20H28N6O. The molecule has 2 atom stereocenters. The number of aromatic nitrogens is 4. The van der Waals surface area contributed by atoms with Crippen molar-refractivity contribution < 1.29 is 4.79 Å². The highest BCUT2D eigenvalue weighted by molar-refractivity contribution is 5.78. The molecule has 7 heteroatoms. The fourth-order valence-electron chi connectivity index (χ4n) is 4.14. The Morgan fingerprint density at radius 3 is 3.07 bits per heavy atom. The molecule has 0 bridgehead atoms. The number of likely N-dealkylation sites (tertiary alicyclic amines) is 1. The molecule has 4 heterocycles. The van der Waals surface area contributed by atoms with Gasteiger partial charge >= 0.3 is 0 Å². The summed E-state index contributed by atoms with van der Waals surface area (Å²) in [6, 6.07) is 1.89. The zero-order chi connectivity index (χ0) is 18.8. The molecule has 27 heavy (non-hydrogen) atoms. The van der Waals surface area contributed by atoms with Gasteiger partial charge in [0.15, 0.2) is 0 Å². The summed E-state index contributed by atoms with van der Waals surface area (Å²) in [7, 11) is 2.13. The molecule has 2 aliphatic heterocycles. The largest absolute Gasteiger partial charge is 0.342 e. The lowest BCUT2D eigenvalue weighted by molar-refractivity contribution is -0.136. The third-order valence-electron chi connectivity index (χ3n) is 5.68. The highest BCUT2D eigenvalue weighted by Crippen LogP contribution is 2.27. The van der Waals surface area contributed by atoms with Gasteiger partial charge in [0.05, 0.1) is 12.5 Å². The number of carbonyl (C=O) groups is 1. The molecule has 1 saturated heterocycles. The van der Waals surface area contributed by atoms with Gasteiger partial charge in [-0.3, -0.25) is 9.48 Å². The number of rotatable bonds is 4. The Kier molecular flexibility index (Phi) is 5.20. The number of amides is 1. The molecular weight excluding hydrogens is 340 g/mol. The molecule has 0 unspecified atom stereocenters. The molecule has 1 amide bonds. The van der Waals surface area contributed by atoms with Gasteiger partial charge in [-0.1, -0.05) is 6.92 Å². The van der Waals surface area contributed by atoms with E-state index in [2.05, 4.69) is 22.0 Å². The van der Waals surface area contributed by atoms with Crippen molar-refractivity contribution in [3.63, 3.8) is 0 Å². The first kappa shape index (κ1) is 18.1. The fraction of sp³-hybridized carbons (Fsp3) is 0.600. The van der Waals surface area contributed by atoms with E-state index in [4.69, 9.17) is 4.98 Å². The quantitative estimate of drug-likeness (QED) is 0.822. The number of likely N-dealkylation sites (N-methyl/N-ethyl adjacent to an activating group) is 1. The summed E-state index contributed by atoms with van der Waals surface area (Å²) in [5.74, 6) is 1.28. The Morgan fingerprint density at radius 1 is 1.37 bits per heavy atom. The average molecular weight is 368 g/mol. The Morgan fingerprint density at radius 2 is 2.26 bits per heavy atom. The van der Waals surface area contributed by atoms with Crippen LogP contribution in [0.25, 0.3) is 0 Å². The highest BCUT2D eigenvalue weighted by Gasteiger charge is 2.29. The van der Waals surface area contributed by atoms with Crippen LogP contribution in [0.1, 0.15) is 42.8 Å². The second-order valence-corrected chi connectivity index (χ2v) is 7.94. The van der Waals surface area contributed by atoms with Crippen LogP contribution < -0.4 is 0 Å². The van der Waals surface area contributed by atoms with Gasteiger partial charge in [0.1, 0.15) is 5.82 Å². The van der Waals surface area contributed by atoms with E-state index < -0.39 is 0 Å². The third-order valence-corrected chi connectivity index (χ3v) is 5.68. The summed E-state index contributed by atoms with van der Waals surface area (Å²) in [4.78, 5) is 26.7. The van der Waals surface area contributed by atoms with E-state index >= 15 is 0 Å². The van der Waals surface area contributed by atoms with Crippen LogP contribution in [0, 0.1) is 5.92 Å². The minimum Gasteiger partial charge on any atom is -0.342 e. The fourth-order valence-corrected chi connectivity index (χ4v) is 4.14. The maximum atomic E-state index is 12.9. The van der Waals surface area contributed by atoms with Crippen molar-refractivity contribution in [3.8, 4) is 0 Å². The van der Waals surface area contributed by atoms with Gasteiger partial charge in [-0.2, -0.15) is 5.10 Å². The number of carbonyl (C=O) groups excluding carboxylic acids is 1. The first-order valence-corrected chi connectivity index (χ1v) is 9.89. The second-order valence-electron chi connectivity index (χ2n) is 7.94. The molecule has 0 spiro atoms. The molecule has 0 aromatic carbocycles. The van der Waals surface area contributed by atoms with Crippen molar-refractivity contribution >= 4 is 5.91 Å². The number of hydrogen-bond acceptors (Lipinski definition) is 5. The Labute approximate surface area is 160 Å². The lowest BCUT2D eigenvalue weighted by Gasteiger charge is -2.34. The van der Waals surface area contributed by atoms with Crippen molar-refractivity contribution in [2.45, 2.75) is 45.2 Å². The smallest absolute Gasteiger partial charge is 0.227 e. The first-order chi connectivity index (χ1) is 13.1. The van der Waals surface area contributed by atoms with Gasteiger partial charge in [0, 0.05) is 68.4 Å². The number of piperidine rings is 1. The lowest BCUT2D eigenvalue weighted by atomic mass is 9.95. The first-order valence-electron chi connectivity index (χ1n) is 9.89. The van der Waals surface area contributed by atoms with Crippen molar-refractivity contribution in [1.82, 2.24) is 29.5 Å². The summed E-state index contributed by atoms with van der Waals surface area (Å²) in [6.07, 6.45) is 8.69. The zero-order valence-corrected chi connectivity index (χ0v) is 16.2. The van der Waals surface area contributed by atoms with Crippen molar-refractivity contribution in [1.29, 1.82) is 0 Å². The molecule has 4 rings (SSSR count). The van der Waals surface area contributed by atoms with Crippen LogP contribution in [-0.4, -0.2) is 62.1 Å². The Hall–Kier alpha value is -2.28. The van der Waals surface area contributed by atoms with Crippen LogP contribution in [0.4, 0.5) is 0 Å². The molecule has 0 saturated carbocycles. The van der Waals surface area contributed by atoms with E-state index in [9.17, 15) is 4.79 Å². The maximum Gasteiger partial charge on any atom is 0.227 e. The Bertz CT molecular complexity index is 790. The van der Waals surface area contributed by atoms with Gasteiger partial charge in [-0.15, -0.1) is 0 Å². The molecule has 2 aliphatic rings. The SMILES string of the molecule is C[C@H](Cn1cccn1)C(=O)N1CCC[C@H](c2ncc3c(n2)CCN(C)C3)C1. The van der Waals surface area contributed by atoms with E-state index in [1.54, 1.807) is 6.20 Å². The lowest BCUT2D eigenvalue weighted by Crippen LogP contribution is -2.43. The minimum absolute atomic E-state index is 0.0800. The summed E-state index contributed by atoms with van der Waals surface area (Å²) in [5.41, 5.74) is 2.43. The van der Waals surface area contributed by atoms with Gasteiger partial charge in [0.25, 0.3) is 0 Å². The molecule has 0 N–H and O–H groups in total. The third kappa shape index (κ3) is 4.03.